The number of carbonyl (C=O) groups is 1. The molecule has 0 aromatic carbocycles. The average Bonchev–Trinajstić information content (AvgIpc) is 3.09. The Balaban J connectivity index is 3.15. The van der Waals surface area contributed by atoms with Crippen LogP contribution in [-0.2, 0) is 66.1 Å². The van der Waals surface area contributed by atoms with E-state index in [4.69, 9.17) is 61.3 Å². The average molecular weight is 745 g/mol. The SMILES string of the molecule is CCCCC(CC)C(=O)OCCOCCOCCOCCOCCOCCOCCOCCOCCOCCOCCOCCO[Si](C)(C)C. The van der Waals surface area contributed by atoms with Crippen molar-refractivity contribution in [1.82, 2.24) is 0 Å². The first-order chi connectivity index (χ1) is 24.4. The first kappa shape index (κ1) is 49.2. The monoisotopic (exact) mass is 744 g/mol. The van der Waals surface area contributed by atoms with Gasteiger partial charge in [-0.25, -0.2) is 0 Å². The van der Waals surface area contributed by atoms with Crippen LogP contribution in [0.2, 0.25) is 19.6 Å². The highest BCUT2D eigenvalue weighted by Gasteiger charge is 2.17. The molecule has 1 atom stereocenters. The predicted molar refractivity (Wildman–Crippen MR) is 193 cm³/mol. The summed E-state index contributed by atoms with van der Waals surface area (Å²) in [4.78, 5) is 12.0. The van der Waals surface area contributed by atoms with E-state index in [9.17, 15) is 4.79 Å². The summed E-state index contributed by atoms with van der Waals surface area (Å²) in [6, 6.07) is 0. The minimum Gasteiger partial charge on any atom is -0.463 e. The molecule has 0 radical (unpaired) electrons. The maximum atomic E-state index is 12.0. The molecule has 14 nitrogen and oxygen atoms in total. The van der Waals surface area contributed by atoms with Crippen LogP contribution in [0.25, 0.3) is 0 Å². The Hall–Kier alpha value is -0.793. The molecule has 0 aromatic heterocycles. The minimum absolute atomic E-state index is 0.00412. The highest BCUT2D eigenvalue weighted by molar-refractivity contribution is 6.69. The summed E-state index contributed by atoms with van der Waals surface area (Å²) >= 11 is 0. The zero-order chi connectivity index (χ0) is 36.6. The standard InChI is InChI=1S/C35H72O14Si/c1-6-8-9-34(7-2)35(36)48-32-30-46-28-26-44-24-22-42-20-18-40-16-14-38-12-10-37-11-13-39-15-17-41-19-21-43-23-25-45-27-29-47-31-33-49-50(3,4)5/h34H,6-33H2,1-5H3. The number of hydrogen-bond donors (Lipinski definition) is 0. The number of ether oxygens (including phenoxy) is 12. The molecule has 0 aliphatic carbocycles. The van der Waals surface area contributed by atoms with Crippen LogP contribution >= 0.6 is 0 Å². The topological polar surface area (TPSA) is 137 Å². The van der Waals surface area contributed by atoms with Crippen LogP contribution in [0.3, 0.4) is 0 Å². The van der Waals surface area contributed by atoms with Crippen molar-refractivity contribution in [3.63, 3.8) is 0 Å². The van der Waals surface area contributed by atoms with E-state index in [1.807, 2.05) is 6.92 Å². The Morgan fingerprint density at radius 2 is 0.680 bits per heavy atom. The molecule has 0 spiro atoms. The Labute approximate surface area is 303 Å². The Morgan fingerprint density at radius 3 is 0.920 bits per heavy atom. The third-order valence-electron chi connectivity index (χ3n) is 6.69. The molecule has 0 saturated carbocycles. The summed E-state index contributed by atoms with van der Waals surface area (Å²) in [5.41, 5.74) is 0. The van der Waals surface area contributed by atoms with Crippen molar-refractivity contribution in [3.05, 3.63) is 0 Å². The van der Waals surface area contributed by atoms with Crippen molar-refractivity contribution in [1.29, 1.82) is 0 Å². The normalized spacial score (nSPS) is 12.5. The molecular formula is C35H72O14Si. The summed E-state index contributed by atoms with van der Waals surface area (Å²) in [5, 5.41) is 0. The maximum Gasteiger partial charge on any atom is 0.308 e. The zero-order valence-electron chi connectivity index (χ0n) is 32.1. The van der Waals surface area contributed by atoms with Crippen molar-refractivity contribution >= 4 is 14.3 Å². The van der Waals surface area contributed by atoms with Crippen LogP contribution < -0.4 is 0 Å². The van der Waals surface area contributed by atoms with Crippen LogP contribution in [0.1, 0.15) is 39.5 Å². The lowest BCUT2D eigenvalue weighted by Gasteiger charge is -2.16. The van der Waals surface area contributed by atoms with Crippen molar-refractivity contribution in [2.24, 2.45) is 5.92 Å². The van der Waals surface area contributed by atoms with E-state index in [1.54, 1.807) is 0 Å². The van der Waals surface area contributed by atoms with Crippen molar-refractivity contribution in [2.75, 3.05) is 159 Å². The van der Waals surface area contributed by atoms with Gasteiger partial charge in [-0.1, -0.05) is 26.7 Å². The van der Waals surface area contributed by atoms with Crippen LogP contribution in [0.15, 0.2) is 0 Å². The quantitative estimate of drug-likeness (QED) is 0.0510. The van der Waals surface area contributed by atoms with Crippen LogP contribution in [0.4, 0.5) is 0 Å². The van der Waals surface area contributed by atoms with Crippen LogP contribution in [0.5, 0.6) is 0 Å². The molecule has 300 valence electrons. The number of esters is 1. The third-order valence-corrected chi connectivity index (χ3v) is 7.76. The zero-order valence-corrected chi connectivity index (χ0v) is 33.1. The summed E-state index contributed by atoms with van der Waals surface area (Å²) in [5.74, 6) is -0.124. The smallest absolute Gasteiger partial charge is 0.308 e. The van der Waals surface area contributed by atoms with Crippen molar-refractivity contribution in [2.45, 2.75) is 59.2 Å². The third kappa shape index (κ3) is 40.0. The van der Waals surface area contributed by atoms with Gasteiger partial charge in [-0.3, -0.25) is 4.79 Å². The van der Waals surface area contributed by atoms with E-state index < -0.39 is 8.32 Å². The first-order valence-electron chi connectivity index (χ1n) is 18.6. The fraction of sp³-hybridized carbons (Fsp3) is 0.971. The Kier molecular flexibility index (Phi) is 38.8. The fourth-order valence-electron chi connectivity index (χ4n) is 3.97. The molecule has 50 heavy (non-hydrogen) atoms. The Bertz CT molecular complexity index is 686. The Morgan fingerprint density at radius 1 is 0.420 bits per heavy atom. The second kappa shape index (κ2) is 39.4. The molecule has 0 fully saturated rings. The molecule has 0 amide bonds. The second-order valence-corrected chi connectivity index (χ2v) is 16.6. The maximum absolute atomic E-state index is 12.0. The van der Waals surface area contributed by atoms with Gasteiger partial charge in [0, 0.05) is 0 Å². The number of carbonyl (C=O) groups excluding carboxylic acids is 1. The van der Waals surface area contributed by atoms with Gasteiger partial charge in [0.15, 0.2) is 8.32 Å². The molecule has 0 saturated heterocycles. The van der Waals surface area contributed by atoms with Gasteiger partial charge in [0.25, 0.3) is 0 Å². The molecule has 0 rings (SSSR count). The summed E-state index contributed by atoms with van der Waals surface area (Å²) < 4.78 is 71.3. The second-order valence-electron chi connectivity index (χ2n) is 12.1. The molecule has 0 N–H and O–H groups in total. The molecule has 0 aromatic rings. The lowest BCUT2D eigenvalue weighted by atomic mass is 10.00. The number of unbranched alkanes of at least 4 members (excludes halogenated alkanes) is 1. The summed E-state index contributed by atoms with van der Waals surface area (Å²) in [7, 11) is -1.46. The van der Waals surface area contributed by atoms with Crippen molar-refractivity contribution in [3.8, 4) is 0 Å². The highest BCUT2D eigenvalue weighted by atomic mass is 28.4. The molecule has 0 aliphatic rings. The van der Waals surface area contributed by atoms with Gasteiger partial charge in [0.1, 0.15) is 6.61 Å². The van der Waals surface area contributed by atoms with Gasteiger partial charge in [-0.2, -0.15) is 0 Å². The predicted octanol–water partition coefficient (Wildman–Crippen LogP) is 3.78. The fourth-order valence-corrected chi connectivity index (χ4v) is 4.66. The molecule has 0 aliphatic heterocycles. The first-order valence-corrected chi connectivity index (χ1v) is 22.0. The van der Waals surface area contributed by atoms with E-state index in [1.165, 1.54) is 0 Å². The molecule has 1 unspecified atom stereocenters. The van der Waals surface area contributed by atoms with E-state index in [-0.39, 0.29) is 18.5 Å². The van der Waals surface area contributed by atoms with Crippen molar-refractivity contribution < 1.29 is 66.1 Å². The van der Waals surface area contributed by atoms with Crippen LogP contribution in [-0.4, -0.2) is 173 Å². The lowest BCUT2D eigenvalue weighted by Crippen LogP contribution is -2.27. The molecule has 15 heteroatoms. The van der Waals surface area contributed by atoms with Gasteiger partial charge in [0.05, 0.1) is 158 Å². The van der Waals surface area contributed by atoms with E-state index >= 15 is 0 Å². The molecule has 0 heterocycles. The highest BCUT2D eigenvalue weighted by Crippen LogP contribution is 2.14. The van der Waals surface area contributed by atoms with E-state index in [0.717, 1.165) is 25.7 Å². The van der Waals surface area contributed by atoms with E-state index in [2.05, 4.69) is 26.6 Å². The largest absolute Gasteiger partial charge is 0.463 e. The van der Waals surface area contributed by atoms with Crippen LogP contribution in [0, 0.1) is 5.92 Å². The van der Waals surface area contributed by atoms with Gasteiger partial charge in [-0.05, 0) is 32.5 Å². The molecular weight excluding hydrogens is 672 g/mol. The molecule has 0 bridgehead atoms. The summed E-state index contributed by atoms with van der Waals surface area (Å²) in [6.07, 6.45) is 3.83. The minimum atomic E-state index is -1.46. The number of rotatable bonds is 42. The van der Waals surface area contributed by atoms with E-state index in [0.29, 0.717) is 152 Å². The van der Waals surface area contributed by atoms with Gasteiger partial charge in [-0.15, -0.1) is 0 Å². The van der Waals surface area contributed by atoms with Gasteiger partial charge < -0.3 is 61.3 Å². The van der Waals surface area contributed by atoms with Gasteiger partial charge in [0.2, 0.25) is 0 Å². The number of hydrogen-bond acceptors (Lipinski definition) is 14. The lowest BCUT2D eigenvalue weighted by molar-refractivity contribution is -0.150. The van der Waals surface area contributed by atoms with Gasteiger partial charge >= 0.3 is 5.97 Å². The summed E-state index contributed by atoms with van der Waals surface area (Å²) in [6.45, 7) is 22.6.